The summed E-state index contributed by atoms with van der Waals surface area (Å²) >= 11 is 0. The topological polar surface area (TPSA) is 38.5 Å². The Kier molecular flexibility index (Phi) is 4.81. The van der Waals surface area contributed by atoms with Crippen molar-refractivity contribution < 1.29 is 9.13 Å². The average molecular weight is 288 g/mol. The van der Waals surface area contributed by atoms with Crippen LogP contribution in [0.2, 0.25) is 0 Å². The molecule has 2 aromatic rings. The van der Waals surface area contributed by atoms with Gasteiger partial charge in [0.1, 0.15) is 11.6 Å². The molecule has 4 heteroatoms. The molecular formula is C17H21FN2O. The second-order valence-electron chi connectivity index (χ2n) is 5.13. The van der Waals surface area contributed by atoms with Crippen LogP contribution in [0, 0.1) is 5.82 Å². The van der Waals surface area contributed by atoms with E-state index in [1.165, 1.54) is 6.07 Å². The third-order valence-corrected chi connectivity index (χ3v) is 3.49. The number of methoxy groups -OCH3 is 1. The smallest absolute Gasteiger partial charge is 0.146 e. The van der Waals surface area contributed by atoms with Crippen molar-refractivity contribution in [2.45, 2.75) is 19.5 Å². The third kappa shape index (κ3) is 3.34. The minimum atomic E-state index is -0.262. The Morgan fingerprint density at radius 3 is 2.57 bits per heavy atom. The van der Waals surface area contributed by atoms with Crippen molar-refractivity contribution in [3.05, 3.63) is 59.4 Å². The molecule has 0 aliphatic carbocycles. The number of anilines is 1. The van der Waals surface area contributed by atoms with Crippen LogP contribution >= 0.6 is 0 Å². The predicted octanol–water partition coefficient (Wildman–Crippen LogP) is 3.49. The lowest BCUT2D eigenvalue weighted by Gasteiger charge is -2.25. The van der Waals surface area contributed by atoms with Gasteiger partial charge in [-0.05, 0) is 24.6 Å². The van der Waals surface area contributed by atoms with Crippen molar-refractivity contribution in [3.8, 4) is 5.75 Å². The first-order valence-electron chi connectivity index (χ1n) is 6.91. The van der Waals surface area contributed by atoms with Crippen molar-refractivity contribution in [3.63, 3.8) is 0 Å². The van der Waals surface area contributed by atoms with E-state index in [0.717, 1.165) is 16.9 Å². The molecule has 21 heavy (non-hydrogen) atoms. The highest BCUT2D eigenvalue weighted by molar-refractivity contribution is 5.56. The lowest BCUT2D eigenvalue weighted by atomic mass is 10.0. The Bertz CT molecular complexity index is 613. The van der Waals surface area contributed by atoms with Crippen molar-refractivity contribution in [2.24, 2.45) is 5.73 Å². The lowest BCUT2D eigenvalue weighted by molar-refractivity contribution is 0.409. The molecular weight excluding hydrogens is 267 g/mol. The highest BCUT2D eigenvalue weighted by Gasteiger charge is 2.16. The first-order chi connectivity index (χ1) is 10.0. The van der Waals surface area contributed by atoms with Crippen LogP contribution in [0.1, 0.15) is 24.1 Å². The third-order valence-electron chi connectivity index (χ3n) is 3.49. The van der Waals surface area contributed by atoms with Gasteiger partial charge in [-0.2, -0.15) is 0 Å². The molecule has 0 spiro atoms. The zero-order valence-electron chi connectivity index (χ0n) is 12.6. The molecule has 2 aromatic carbocycles. The summed E-state index contributed by atoms with van der Waals surface area (Å²) in [7, 11) is 3.49. The van der Waals surface area contributed by atoms with Gasteiger partial charge in [-0.25, -0.2) is 4.39 Å². The Balaban J connectivity index is 2.35. The summed E-state index contributed by atoms with van der Waals surface area (Å²) in [6, 6.07) is 12.5. The minimum Gasteiger partial charge on any atom is -0.496 e. The number of hydrogen-bond acceptors (Lipinski definition) is 3. The van der Waals surface area contributed by atoms with Gasteiger partial charge in [-0.1, -0.05) is 30.3 Å². The molecule has 0 aromatic heterocycles. The van der Waals surface area contributed by atoms with Gasteiger partial charge in [0.15, 0.2) is 0 Å². The molecule has 112 valence electrons. The Hall–Kier alpha value is -2.07. The molecule has 0 saturated heterocycles. The SMILES string of the molecule is COc1ccccc1CN(C)c1c(F)cccc1C(C)N. The molecule has 0 heterocycles. The number of nitrogens with zero attached hydrogens (tertiary/aromatic N) is 1. The van der Waals surface area contributed by atoms with Crippen molar-refractivity contribution in [1.29, 1.82) is 0 Å². The number of para-hydroxylation sites is 2. The normalized spacial score (nSPS) is 12.0. The van der Waals surface area contributed by atoms with Gasteiger partial charge in [0.25, 0.3) is 0 Å². The summed E-state index contributed by atoms with van der Waals surface area (Å²) in [5.74, 6) is 0.533. The first-order valence-corrected chi connectivity index (χ1v) is 6.91. The summed E-state index contributed by atoms with van der Waals surface area (Å²) < 4.78 is 19.6. The second kappa shape index (κ2) is 6.59. The molecule has 0 aliphatic rings. The maximum Gasteiger partial charge on any atom is 0.146 e. The van der Waals surface area contributed by atoms with Crippen molar-refractivity contribution in [2.75, 3.05) is 19.1 Å². The fourth-order valence-corrected chi connectivity index (χ4v) is 2.47. The zero-order valence-corrected chi connectivity index (χ0v) is 12.6. The molecule has 0 saturated carbocycles. The van der Waals surface area contributed by atoms with Crippen molar-refractivity contribution in [1.82, 2.24) is 0 Å². The molecule has 0 bridgehead atoms. The maximum atomic E-state index is 14.2. The number of nitrogens with two attached hydrogens (primary N) is 1. The summed E-state index contributed by atoms with van der Waals surface area (Å²) in [5, 5.41) is 0. The van der Waals surface area contributed by atoms with Crippen LogP contribution < -0.4 is 15.4 Å². The number of benzene rings is 2. The van der Waals surface area contributed by atoms with Gasteiger partial charge in [-0.3, -0.25) is 0 Å². The first kappa shape index (κ1) is 15.3. The summed E-state index contributed by atoms with van der Waals surface area (Å²) in [4.78, 5) is 1.87. The van der Waals surface area contributed by atoms with Crippen LogP contribution in [0.25, 0.3) is 0 Å². The number of ether oxygens (including phenoxy) is 1. The summed E-state index contributed by atoms with van der Waals surface area (Å²) in [6.07, 6.45) is 0. The molecule has 0 amide bonds. The van der Waals surface area contributed by atoms with Gasteiger partial charge >= 0.3 is 0 Å². The van der Waals surface area contributed by atoms with E-state index in [1.54, 1.807) is 13.2 Å². The summed E-state index contributed by atoms with van der Waals surface area (Å²) in [6.45, 7) is 2.40. The lowest BCUT2D eigenvalue weighted by Crippen LogP contribution is -2.22. The molecule has 3 nitrogen and oxygen atoms in total. The molecule has 0 aliphatic heterocycles. The Morgan fingerprint density at radius 2 is 1.90 bits per heavy atom. The van der Waals surface area contributed by atoms with Crippen LogP contribution in [-0.4, -0.2) is 14.2 Å². The van der Waals surface area contributed by atoms with E-state index in [2.05, 4.69) is 0 Å². The van der Waals surface area contributed by atoms with E-state index in [0.29, 0.717) is 12.2 Å². The number of hydrogen-bond donors (Lipinski definition) is 1. The second-order valence-corrected chi connectivity index (χ2v) is 5.13. The molecule has 2 rings (SSSR count). The van der Waals surface area contributed by atoms with Gasteiger partial charge in [0.05, 0.1) is 12.8 Å². The molecule has 1 atom stereocenters. The molecule has 0 radical (unpaired) electrons. The zero-order chi connectivity index (χ0) is 15.4. The molecule has 1 unspecified atom stereocenters. The van der Waals surface area contributed by atoms with Crippen molar-refractivity contribution >= 4 is 5.69 Å². The van der Waals surface area contributed by atoms with Crippen LogP contribution in [0.3, 0.4) is 0 Å². The predicted molar refractivity (Wildman–Crippen MR) is 84.1 cm³/mol. The Morgan fingerprint density at radius 1 is 1.19 bits per heavy atom. The molecule has 2 N–H and O–H groups in total. The Labute approximate surface area is 125 Å². The highest BCUT2D eigenvalue weighted by atomic mass is 19.1. The van der Waals surface area contributed by atoms with Gasteiger partial charge < -0.3 is 15.4 Å². The fraction of sp³-hybridized carbons (Fsp3) is 0.294. The van der Waals surface area contributed by atoms with Gasteiger partial charge in [-0.15, -0.1) is 0 Å². The van der Waals surface area contributed by atoms with E-state index in [1.807, 2.05) is 49.2 Å². The number of halogens is 1. The number of rotatable bonds is 5. The monoisotopic (exact) mass is 288 g/mol. The van der Waals surface area contributed by atoms with Crippen LogP contribution in [-0.2, 0) is 6.54 Å². The van der Waals surface area contributed by atoms with E-state index < -0.39 is 0 Å². The fourth-order valence-electron chi connectivity index (χ4n) is 2.47. The van der Waals surface area contributed by atoms with E-state index in [9.17, 15) is 4.39 Å². The van der Waals surface area contributed by atoms with Crippen LogP contribution in [0.15, 0.2) is 42.5 Å². The van der Waals surface area contributed by atoms with Gasteiger partial charge in [0, 0.05) is 25.2 Å². The van der Waals surface area contributed by atoms with E-state index in [4.69, 9.17) is 10.5 Å². The molecule has 0 fully saturated rings. The van der Waals surface area contributed by atoms with Gasteiger partial charge in [0.2, 0.25) is 0 Å². The van der Waals surface area contributed by atoms with E-state index in [-0.39, 0.29) is 11.9 Å². The maximum absolute atomic E-state index is 14.2. The van der Waals surface area contributed by atoms with Crippen LogP contribution in [0.5, 0.6) is 5.75 Å². The van der Waals surface area contributed by atoms with Crippen LogP contribution in [0.4, 0.5) is 10.1 Å². The highest BCUT2D eigenvalue weighted by Crippen LogP contribution is 2.30. The average Bonchev–Trinajstić information content (AvgIpc) is 2.47. The quantitative estimate of drug-likeness (QED) is 0.915. The van der Waals surface area contributed by atoms with E-state index >= 15 is 0 Å². The summed E-state index contributed by atoms with van der Waals surface area (Å²) in [5.41, 5.74) is 8.29. The standard InChI is InChI=1S/C17H21FN2O/c1-12(19)14-8-6-9-15(18)17(14)20(2)11-13-7-4-5-10-16(13)21-3/h4-10,12H,11,19H2,1-3H3. The minimum absolute atomic E-state index is 0.226. The largest absolute Gasteiger partial charge is 0.496 e.